The van der Waals surface area contributed by atoms with Crippen molar-refractivity contribution in [2.45, 2.75) is 45.4 Å². The highest BCUT2D eigenvalue weighted by molar-refractivity contribution is 14.1. The normalized spacial score (nSPS) is 13.5. The van der Waals surface area contributed by atoms with Crippen LogP contribution in [0.2, 0.25) is 5.02 Å². The van der Waals surface area contributed by atoms with Crippen molar-refractivity contribution in [1.82, 2.24) is 15.0 Å². The largest absolute Gasteiger partial charge is 0.492 e. The Kier molecular flexibility index (Phi) is 10.1. The minimum atomic E-state index is -0.775. The summed E-state index contributed by atoms with van der Waals surface area (Å²) in [7, 11) is 0. The van der Waals surface area contributed by atoms with E-state index < -0.39 is 6.10 Å². The van der Waals surface area contributed by atoms with Gasteiger partial charge in [-0.1, -0.05) is 55.8 Å². The van der Waals surface area contributed by atoms with Crippen molar-refractivity contribution < 1.29 is 19.7 Å². The summed E-state index contributed by atoms with van der Waals surface area (Å²) in [4.78, 5) is 0. The van der Waals surface area contributed by atoms with E-state index in [-0.39, 0.29) is 31.1 Å². The summed E-state index contributed by atoms with van der Waals surface area (Å²) >= 11 is 14.4. The Morgan fingerprint density at radius 1 is 1.09 bits per heavy atom. The summed E-state index contributed by atoms with van der Waals surface area (Å²) in [6.07, 6.45) is -0.775. The Morgan fingerprint density at radius 2 is 1.77 bits per heavy atom. The minimum Gasteiger partial charge on any atom is -0.492 e. The van der Waals surface area contributed by atoms with Gasteiger partial charge in [-0.05, 0) is 58.0 Å². The summed E-state index contributed by atoms with van der Waals surface area (Å²) in [5, 5.41) is 27.9. The Bertz CT molecular complexity index is 1110. The van der Waals surface area contributed by atoms with Gasteiger partial charge in [0.25, 0.3) is 0 Å². The summed E-state index contributed by atoms with van der Waals surface area (Å²) < 4.78 is 13.8. The average Bonchev–Trinajstić information content (AvgIpc) is 3.20. The van der Waals surface area contributed by atoms with Crippen molar-refractivity contribution in [3.63, 3.8) is 0 Å². The van der Waals surface area contributed by atoms with E-state index in [1.807, 2.05) is 72.0 Å². The molecule has 7 nitrogen and oxygen atoms in total. The van der Waals surface area contributed by atoms with Gasteiger partial charge in [-0.2, -0.15) is 0 Å². The van der Waals surface area contributed by atoms with E-state index in [4.69, 9.17) is 32.7 Å². The van der Waals surface area contributed by atoms with Gasteiger partial charge in [0.2, 0.25) is 0 Å². The van der Waals surface area contributed by atoms with Gasteiger partial charge in [0, 0.05) is 17.2 Å². The fourth-order valence-electron chi connectivity index (χ4n) is 3.41. The second kappa shape index (κ2) is 12.6. The summed E-state index contributed by atoms with van der Waals surface area (Å²) in [5.74, 6) is 2.09. The first-order valence-electron chi connectivity index (χ1n) is 11.2. The maximum Gasteiger partial charge on any atom is 0.137 e. The molecule has 0 bridgehead atoms. The van der Waals surface area contributed by atoms with Crippen LogP contribution in [0.3, 0.4) is 0 Å². The standard InChI is InChI=1S/C25H30Cl2IN3O4/c1-16(11-26)14-35-23-9-6-18(10-21(23)27)25(2,3)17-4-7-20(8-5-17)34-15-19(33)12-31-24(28)22(13-32)29-30-31/h4-10,16,19,32-33H,11-15H2,1-3H3/t16-,19-/m0/s1/i28-4. The fourth-order valence-corrected chi connectivity index (χ4v) is 4.31. The van der Waals surface area contributed by atoms with Crippen LogP contribution >= 0.6 is 45.8 Å². The average molecular weight is 630 g/mol. The number of nitrogens with zero attached hydrogens (tertiary/aromatic N) is 3. The predicted molar refractivity (Wildman–Crippen MR) is 146 cm³/mol. The maximum absolute atomic E-state index is 10.3. The van der Waals surface area contributed by atoms with Gasteiger partial charge in [-0.15, -0.1) is 16.7 Å². The van der Waals surface area contributed by atoms with E-state index in [1.54, 1.807) is 4.68 Å². The van der Waals surface area contributed by atoms with E-state index in [9.17, 15) is 10.2 Å². The molecule has 1 heterocycles. The van der Waals surface area contributed by atoms with Gasteiger partial charge in [0.15, 0.2) is 0 Å². The molecule has 0 radical (unpaired) electrons. The van der Waals surface area contributed by atoms with Crippen LogP contribution in [0.1, 0.15) is 37.6 Å². The number of rotatable bonds is 12. The molecule has 2 N–H and O–H groups in total. The molecule has 0 fully saturated rings. The molecule has 2 atom stereocenters. The van der Waals surface area contributed by atoms with Gasteiger partial charge in [0.1, 0.15) is 33.6 Å². The second-order valence-corrected chi connectivity index (χ2v) is 10.7. The van der Waals surface area contributed by atoms with Crippen molar-refractivity contribution in [3.8, 4) is 11.5 Å². The predicted octanol–water partition coefficient (Wildman–Crippen LogP) is 5.05. The zero-order chi connectivity index (χ0) is 25.6. The smallest absolute Gasteiger partial charge is 0.137 e. The molecule has 2 aromatic carbocycles. The highest BCUT2D eigenvalue weighted by atomic mass is 123. The fraction of sp³-hybridized carbons (Fsp3) is 0.440. The summed E-state index contributed by atoms with van der Waals surface area (Å²) in [6, 6.07) is 13.7. The molecule has 0 aliphatic carbocycles. The zero-order valence-electron chi connectivity index (χ0n) is 19.9. The lowest BCUT2D eigenvalue weighted by molar-refractivity contribution is 0.0881. The third-order valence-electron chi connectivity index (χ3n) is 5.73. The lowest BCUT2D eigenvalue weighted by atomic mass is 9.78. The zero-order valence-corrected chi connectivity index (χ0v) is 23.6. The molecule has 35 heavy (non-hydrogen) atoms. The van der Waals surface area contributed by atoms with Crippen LogP contribution in [0.4, 0.5) is 0 Å². The van der Waals surface area contributed by atoms with Crippen molar-refractivity contribution >= 4 is 45.8 Å². The van der Waals surface area contributed by atoms with Crippen LogP contribution < -0.4 is 9.47 Å². The quantitative estimate of drug-likeness (QED) is 0.215. The molecule has 0 aliphatic heterocycles. The maximum atomic E-state index is 10.3. The van der Waals surface area contributed by atoms with Gasteiger partial charge < -0.3 is 19.7 Å². The lowest BCUT2D eigenvalue weighted by Gasteiger charge is -2.27. The summed E-state index contributed by atoms with van der Waals surface area (Å²) in [5.41, 5.74) is 2.35. The highest BCUT2D eigenvalue weighted by Gasteiger charge is 2.24. The number of hydrogen-bond donors (Lipinski definition) is 2. The number of alkyl halides is 1. The van der Waals surface area contributed by atoms with Gasteiger partial charge in [-0.3, -0.25) is 0 Å². The minimum absolute atomic E-state index is 0.104. The lowest BCUT2D eigenvalue weighted by Crippen LogP contribution is -2.25. The molecular formula is C25H30Cl2IN3O4. The monoisotopic (exact) mass is 629 g/mol. The first kappa shape index (κ1) is 28.0. The third kappa shape index (κ3) is 7.22. The molecule has 190 valence electrons. The molecule has 0 saturated carbocycles. The third-order valence-corrected chi connectivity index (χ3v) is 7.73. The molecule has 0 spiro atoms. The van der Waals surface area contributed by atoms with E-state index in [0.29, 0.717) is 38.4 Å². The first-order chi connectivity index (χ1) is 16.6. The van der Waals surface area contributed by atoms with Crippen molar-refractivity contribution in [2.75, 3.05) is 19.1 Å². The van der Waals surface area contributed by atoms with Gasteiger partial charge in [0.05, 0.1) is 24.8 Å². The molecule has 10 heteroatoms. The van der Waals surface area contributed by atoms with Crippen LogP contribution in [0.15, 0.2) is 42.5 Å². The van der Waals surface area contributed by atoms with E-state index in [2.05, 4.69) is 24.2 Å². The van der Waals surface area contributed by atoms with Gasteiger partial charge >= 0.3 is 0 Å². The van der Waals surface area contributed by atoms with Crippen molar-refractivity contribution in [2.24, 2.45) is 5.92 Å². The van der Waals surface area contributed by atoms with Crippen LogP contribution in [0, 0.1) is 9.62 Å². The van der Waals surface area contributed by atoms with Gasteiger partial charge in [-0.25, -0.2) is 4.68 Å². The molecule has 0 amide bonds. The number of aliphatic hydroxyl groups excluding tert-OH is 2. The molecule has 0 aliphatic rings. The molecule has 3 aromatic rings. The number of aromatic nitrogens is 3. The molecule has 1 aromatic heterocycles. The number of aliphatic hydroxyl groups is 2. The van der Waals surface area contributed by atoms with Crippen molar-refractivity contribution in [1.29, 1.82) is 0 Å². The van der Waals surface area contributed by atoms with Crippen LogP contribution in [-0.2, 0) is 18.6 Å². The first-order valence-corrected chi connectivity index (χ1v) is 13.2. The van der Waals surface area contributed by atoms with Crippen molar-refractivity contribution in [3.05, 3.63) is 68.0 Å². The molecular weight excluding hydrogens is 600 g/mol. The topological polar surface area (TPSA) is 89.6 Å². The second-order valence-electron chi connectivity index (χ2n) is 9.00. The van der Waals surface area contributed by atoms with E-state index >= 15 is 0 Å². The SMILES string of the molecule is C[C@@H](CCl)COc1ccc(C(C)(C)c2ccc(OC[C@@H](O)Cn3nnc(CO)c3[123I])cc2)cc1Cl. The Labute approximate surface area is 229 Å². The van der Waals surface area contributed by atoms with E-state index in [0.717, 1.165) is 11.1 Å². The number of benzene rings is 2. The van der Waals surface area contributed by atoms with Crippen LogP contribution in [0.5, 0.6) is 11.5 Å². The van der Waals surface area contributed by atoms with Crippen LogP contribution in [0.25, 0.3) is 0 Å². The number of halogens is 3. The molecule has 3 rings (SSSR count). The molecule has 0 saturated heterocycles. The Morgan fingerprint density at radius 3 is 2.37 bits per heavy atom. The summed E-state index contributed by atoms with van der Waals surface area (Å²) in [6.45, 7) is 6.95. The Hall–Kier alpha value is -1.59. The highest BCUT2D eigenvalue weighted by Crippen LogP contribution is 2.36. The molecule has 0 unspecified atom stereocenters. The van der Waals surface area contributed by atoms with Crippen LogP contribution in [-0.4, -0.2) is 50.4 Å². The number of hydrogen-bond acceptors (Lipinski definition) is 6. The number of ether oxygens (including phenoxy) is 2. The Balaban J connectivity index is 1.60. The van der Waals surface area contributed by atoms with E-state index in [1.165, 1.54) is 0 Å².